The lowest BCUT2D eigenvalue weighted by Crippen LogP contribution is -1.96. The van der Waals surface area contributed by atoms with Gasteiger partial charge in [0, 0.05) is 6.07 Å². The number of ether oxygens (including phenoxy) is 1. The molecule has 0 aliphatic heterocycles. The third-order valence-electron chi connectivity index (χ3n) is 1.07. The summed E-state index contributed by atoms with van der Waals surface area (Å²) in [4.78, 5) is 3.52. The molecule has 1 aromatic heterocycles. The molecule has 0 fully saturated rings. The van der Waals surface area contributed by atoms with Crippen LogP contribution in [-0.4, -0.2) is 16.7 Å². The summed E-state index contributed by atoms with van der Waals surface area (Å²) in [5.41, 5.74) is 0. The van der Waals surface area contributed by atoms with E-state index in [1.165, 1.54) is 0 Å². The van der Waals surface area contributed by atoms with Gasteiger partial charge in [-0.1, -0.05) is 0 Å². The summed E-state index contributed by atoms with van der Waals surface area (Å²) in [5, 5.41) is 8.75. The van der Waals surface area contributed by atoms with Crippen molar-refractivity contribution in [2.45, 2.75) is 6.92 Å². The van der Waals surface area contributed by atoms with Crippen molar-refractivity contribution in [1.29, 1.82) is 0 Å². The van der Waals surface area contributed by atoms with E-state index in [1.54, 1.807) is 6.92 Å². The third kappa shape index (κ3) is 1.80. The zero-order valence-electron chi connectivity index (χ0n) is 6.04. The first-order valence-electron chi connectivity index (χ1n) is 3.21. The van der Waals surface area contributed by atoms with Gasteiger partial charge < -0.3 is 9.84 Å². The zero-order chi connectivity index (χ0) is 8.27. The van der Waals surface area contributed by atoms with E-state index >= 15 is 0 Å². The molecule has 1 N–H and O–H groups in total. The van der Waals surface area contributed by atoms with Crippen LogP contribution in [0.25, 0.3) is 0 Å². The maximum absolute atomic E-state index is 12.7. The van der Waals surface area contributed by atoms with Gasteiger partial charge in [0.2, 0.25) is 0 Å². The molecule has 0 aromatic carbocycles. The molecule has 3 nitrogen and oxygen atoms in total. The minimum absolute atomic E-state index is 0.0784. The molecule has 0 atom stereocenters. The van der Waals surface area contributed by atoms with Gasteiger partial charge in [-0.15, -0.1) is 0 Å². The SMILES string of the molecule is CCOc1ncc(O)cc1F. The van der Waals surface area contributed by atoms with Crippen LogP contribution in [0.5, 0.6) is 11.6 Å². The van der Waals surface area contributed by atoms with Gasteiger partial charge >= 0.3 is 0 Å². The third-order valence-corrected chi connectivity index (χ3v) is 1.07. The first-order valence-corrected chi connectivity index (χ1v) is 3.21. The van der Waals surface area contributed by atoms with E-state index in [9.17, 15) is 4.39 Å². The van der Waals surface area contributed by atoms with Gasteiger partial charge in [0.15, 0.2) is 5.82 Å². The van der Waals surface area contributed by atoms with E-state index in [2.05, 4.69) is 4.98 Å². The second kappa shape index (κ2) is 3.18. The summed E-state index contributed by atoms with van der Waals surface area (Å²) in [6.07, 6.45) is 1.13. The van der Waals surface area contributed by atoms with E-state index in [-0.39, 0.29) is 11.6 Å². The Kier molecular flexibility index (Phi) is 2.25. The van der Waals surface area contributed by atoms with Crippen LogP contribution in [0, 0.1) is 5.82 Å². The lowest BCUT2D eigenvalue weighted by Gasteiger charge is -2.01. The summed E-state index contributed by atoms with van der Waals surface area (Å²) in [5.74, 6) is -0.928. The van der Waals surface area contributed by atoms with Crippen molar-refractivity contribution < 1.29 is 14.2 Å². The molecule has 0 aliphatic rings. The number of halogens is 1. The number of aromatic nitrogens is 1. The van der Waals surface area contributed by atoms with Crippen LogP contribution < -0.4 is 4.74 Å². The van der Waals surface area contributed by atoms with Crippen LogP contribution in [-0.2, 0) is 0 Å². The summed E-state index contributed by atoms with van der Waals surface area (Å²) in [7, 11) is 0. The minimum Gasteiger partial charge on any atom is -0.506 e. The highest BCUT2D eigenvalue weighted by Crippen LogP contribution is 2.17. The fourth-order valence-corrected chi connectivity index (χ4v) is 0.658. The van der Waals surface area contributed by atoms with Crippen LogP contribution >= 0.6 is 0 Å². The smallest absolute Gasteiger partial charge is 0.250 e. The molecule has 0 aliphatic carbocycles. The summed E-state index contributed by atoms with van der Waals surface area (Å²) >= 11 is 0. The van der Waals surface area contributed by atoms with Crippen LogP contribution in [0.3, 0.4) is 0 Å². The Labute approximate surface area is 63.5 Å². The highest BCUT2D eigenvalue weighted by atomic mass is 19.1. The number of hydrogen-bond acceptors (Lipinski definition) is 3. The van der Waals surface area contributed by atoms with Gasteiger partial charge in [0.1, 0.15) is 5.75 Å². The van der Waals surface area contributed by atoms with Crippen LogP contribution in [0.15, 0.2) is 12.3 Å². The van der Waals surface area contributed by atoms with Gasteiger partial charge in [-0.25, -0.2) is 9.37 Å². The normalized spacial score (nSPS) is 9.64. The van der Waals surface area contributed by atoms with Crippen molar-refractivity contribution in [3.8, 4) is 11.6 Å². The van der Waals surface area contributed by atoms with Crippen molar-refractivity contribution in [3.63, 3.8) is 0 Å². The van der Waals surface area contributed by atoms with Crippen molar-refractivity contribution >= 4 is 0 Å². The zero-order valence-corrected chi connectivity index (χ0v) is 6.04. The van der Waals surface area contributed by atoms with Crippen molar-refractivity contribution in [3.05, 3.63) is 18.1 Å². The highest BCUT2D eigenvalue weighted by Gasteiger charge is 2.03. The maximum Gasteiger partial charge on any atom is 0.250 e. The molecule has 0 saturated carbocycles. The number of aromatic hydroxyl groups is 1. The second-order valence-electron chi connectivity index (χ2n) is 1.91. The van der Waals surface area contributed by atoms with Gasteiger partial charge in [-0.05, 0) is 6.92 Å². The Morgan fingerprint density at radius 2 is 2.45 bits per heavy atom. The molecule has 0 spiro atoms. The lowest BCUT2D eigenvalue weighted by atomic mass is 10.4. The number of rotatable bonds is 2. The standard InChI is InChI=1S/C7H8FNO2/c1-2-11-7-6(8)3-5(10)4-9-7/h3-4,10H,2H2,1H3. The average Bonchev–Trinajstić information content (AvgIpc) is 1.95. The van der Waals surface area contributed by atoms with E-state index in [0.29, 0.717) is 6.61 Å². The van der Waals surface area contributed by atoms with Crippen molar-refractivity contribution in [1.82, 2.24) is 4.98 Å². The second-order valence-corrected chi connectivity index (χ2v) is 1.91. The molecular weight excluding hydrogens is 149 g/mol. The van der Waals surface area contributed by atoms with Crippen LogP contribution in [0.1, 0.15) is 6.92 Å². The monoisotopic (exact) mass is 157 g/mol. The van der Waals surface area contributed by atoms with E-state index in [0.717, 1.165) is 12.3 Å². The molecule has 0 amide bonds. The van der Waals surface area contributed by atoms with Crippen molar-refractivity contribution in [2.24, 2.45) is 0 Å². The minimum atomic E-state index is -0.646. The summed E-state index contributed by atoms with van der Waals surface area (Å²) in [6.45, 7) is 2.09. The fraction of sp³-hybridized carbons (Fsp3) is 0.286. The quantitative estimate of drug-likeness (QED) is 0.704. The van der Waals surface area contributed by atoms with Crippen LogP contribution in [0.4, 0.5) is 4.39 Å². The summed E-state index contributed by atoms with van der Waals surface area (Å²) in [6, 6.07) is 0.956. The van der Waals surface area contributed by atoms with Crippen LogP contribution in [0.2, 0.25) is 0 Å². The van der Waals surface area contributed by atoms with Gasteiger partial charge in [-0.3, -0.25) is 0 Å². The topological polar surface area (TPSA) is 42.4 Å². The van der Waals surface area contributed by atoms with E-state index < -0.39 is 5.82 Å². The molecule has 0 bridgehead atoms. The average molecular weight is 157 g/mol. The molecular formula is C7H8FNO2. The molecule has 1 heterocycles. The first-order chi connectivity index (χ1) is 5.24. The van der Waals surface area contributed by atoms with Gasteiger partial charge in [0.05, 0.1) is 12.8 Å². The first kappa shape index (κ1) is 7.78. The predicted molar refractivity (Wildman–Crippen MR) is 37.0 cm³/mol. The molecule has 0 saturated heterocycles. The molecule has 1 rings (SSSR count). The summed E-state index contributed by atoms with van der Waals surface area (Å²) < 4.78 is 17.5. The Hall–Kier alpha value is -1.32. The number of hydrogen-bond donors (Lipinski definition) is 1. The molecule has 1 aromatic rings. The molecule has 60 valence electrons. The van der Waals surface area contributed by atoms with Gasteiger partial charge in [-0.2, -0.15) is 0 Å². The Morgan fingerprint density at radius 1 is 1.73 bits per heavy atom. The van der Waals surface area contributed by atoms with E-state index in [1.807, 2.05) is 0 Å². The fourth-order valence-electron chi connectivity index (χ4n) is 0.658. The predicted octanol–water partition coefficient (Wildman–Crippen LogP) is 1.32. The maximum atomic E-state index is 12.7. The number of pyridine rings is 1. The Morgan fingerprint density at radius 3 is 3.00 bits per heavy atom. The number of nitrogens with zero attached hydrogens (tertiary/aromatic N) is 1. The largest absolute Gasteiger partial charge is 0.506 e. The Balaban J connectivity index is 2.90. The lowest BCUT2D eigenvalue weighted by molar-refractivity contribution is 0.305. The molecule has 11 heavy (non-hydrogen) atoms. The molecule has 4 heteroatoms. The van der Waals surface area contributed by atoms with Crippen molar-refractivity contribution in [2.75, 3.05) is 6.61 Å². The van der Waals surface area contributed by atoms with E-state index in [4.69, 9.17) is 9.84 Å². The van der Waals surface area contributed by atoms with Gasteiger partial charge in [0.25, 0.3) is 5.88 Å². The highest BCUT2D eigenvalue weighted by molar-refractivity contribution is 5.23. The Bertz CT molecular complexity index is 252. The molecule has 0 unspecified atom stereocenters. The molecule has 0 radical (unpaired) electrons.